The van der Waals surface area contributed by atoms with Crippen molar-refractivity contribution in [1.29, 1.82) is 0 Å². The molecule has 0 aliphatic rings. The molecule has 35 heavy (non-hydrogen) atoms. The number of unbranched alkanes of at least 4 members (excludes halogenated alkanes) is 2. The fourth-order valence-corrected chi connectivity index (χ4v) is 3.84. The van der Waals surface area contributed by atoms with Crippen molar-refractivity contribution >= 4 is 28.7 Å². The van der Waals surface area contributed by atoms with Crippen LogP contribution in [0.1, 0.15) is 36.8 Å². The Morgan fingerprint density at radius 1 is 0.857 bits per heavy atom. The van der Waals surface area contributed by atoms with E-state index in [4.69, 9.17) is 9.47 Å². The molecule has 184 valence electrons. The summed E-state index contributed by atoms with van der Waals surface area (Å²) in [4.78, 5) is 36.6. The van der Waals surface area contributed by atoms with Crippen molar-refractivity contribution < 1.29 is 23.9 Å². The molecule has 1 atom stereocenters. The van der Waals surface area contributed by atoms with Gasteiger partial charge in [0, 0.05) is 19.4 Å². The Kier molecular flexibility index (Phi) is 10.1. The lowest BCUT2D eigenvalue weighted by atomic mass is 9.98. The molecule has 2 amide bonds. The van der Waals surface area contributed by atoms with Crippen LogP contribution in [0.25, 0.3) is 10.8 Å². The summed E-state index contributed by atoms with van der Waals surface area (Å²) < 4.78 is 10.1. The van der Waals surface area contributed by atoms with Crippen molar-refractivity contribution in [1.82, 2.24) is 10.6 Å². The van der Waals surface area contributed by atoms with Crippen LogP contribution in [0.15, 0.2) is 72.8 Å². The molecule has 0 unspecified atom stereocenters. The van der Waals surface area contributed by atoms with Gasteiger partial charge in [0.15, 0.2) is 0 Å². The molecule has 0 heterocycles. The number of carbonyl (C=O) groups excluding carboxylic acids is 3. The molecule has 0 saturated carbocycles. The molecule has 0 aromatic heterocycles. The number of methoxy groups -OCH3 is 1. The van der Waals surface area contributed by atoms with Gasteiger partial charge in [-0.05, 0) is 34.7 Å². The van der Waals surface area contributed by atoms with Gasteiger partial charge in [0.25, 0.3) is 0 Å². The number of amides is 2. The van der Waals surface area contributed by atoms with Crippen LogP contribution in [0.3, 0.4) is 0 Å². The zero-order valence-electron chi connectivity index (χ0n) is 20.0. The summed E-state index contributed by atoms with van der Waals surface area (Å²) in [5.74, 6) is -0.666. The number of ether oxygens (including phenoxy) is 2. The predicted octanol–water partition coefficient (Wildman–Crippen LogP) is 4.53. The van der Waals surface area contributed by atoms with Gasteiger partial charge >= 0.3 is 12.1 Å². The van der Waals surface area contributed by atoms with Gasteiger partial charge in [0.2, 0.25) is 5.91 Å². The average molecular weight is 477 g/mol. The number of nitrogens with one attached hydrogen (secondary N) is 2. The highest BCUT2D eigenvalue weighted by Gasteiger charge is 2.22. The Bertz CT molecular complexity index is 1110. The van der Waals surface area contributed by atoms with Crippen LogP contribution in [0.5, 0.6) is 0 Å². The minimum Gasteiger partial charge on any atom is -0.467 e. The van der Waals surface area contributed by atoms with Gasteiger partial charge in [-0.15, -0.1) is 0 Å². The second-order valence-electron chi connectivity index (χ2n) is 8.28. The first-order valence-electron chi connectivity index (χ1n) is 11.8. The van der Waals surface area contributed by atoms with E-state index in [0.717, 1.165) is 34.7 Å². The number of carbonyl (C=O) groups is 3. The van der Waals surface area contributed by atoms with E-state index < -0.39 is 18.1 Å². The molecule has 0 bridgehead atoms. The first-order valence-corrected chi connectivity index (χ1v) is 11.8. The molecule has 0 aliphatic carbocycles. The molecule has 0 radical (unpaired) electrons. The van der Waals surface area contributed by atoms with Crippen LogP contribution in [-0.4, -0.2) is 37.7 Å². The highest BCUT2D eigenvalue weighted by Crippen LogP contribution is 2.20. The maximum Gasteiger partial charge on any atom is 0.407 e. The minimum absolute atomic E-state index is 0.198. The Balaban J connectivity index is 1.37. The van der Waals surface area contributed by atoms with Gasteiger partial charge in [-0.25, -0.2) is 9.59 Å². The zero-order chi connectivity index (χ0) is 24.9. The minimum atomic E-state index is -0.751. The smallest absolute Gasteiger partial charge is 0.407 e. The molecular weight excluding hydrogens is 444 g/mol. The summed E-state index contributed by atoms with van der Waals surface area (Å²) in [6.07, 6.45) is 2.33. The lowest BCUT2D eigenvalue weighted by Gasteiger charge is -2.18. The Morgan fingerprint density at radius 2 is 1.60 bits per heavy atom. The topological polar surface area (TPSA) is 93.7 Å². The molecular formula is C28H32N2O5. The van der Waals surface area contributed by atoms with Crippen molar-refractivity contribution in [3.8, 4) is 0 Å². The van der Waals surface area contributed by atoms with E-state index in [0.29, 0.717) is 25.8 Å². The quantitative estimate of drug-likeness (QED) is 0.296. The van der Waals surface area contributed by atoms with Crippen molar-refractivity contribution in [2.75, 3.05) is 13.7 Å². The Morgan fingerprint density at radius 3 is 2.40 bits per heavy atom. The van der Waals surface area contributed by atoms with E-state index in [-0.39, 0.29) is 12.5 Å². The van der Waals surface area contributed by atoms with Crippen LogP contribution < -0.4 is 10.6 Å². The third-order valence-electron chi connectivity index (χ3n) is 5.69. The molecule has 0 saturated heterocycles. The van der Waals surface area contributed by atoms with E-state index >= 15 is 0 Å². The number of hydrogen-bond acceptors (Lipinski definition) is 5. The molecule has 0 aliphatic heterocycles. The Hall–Kier alpha value is -3.87. The molecule has 2 N–H and O–H groups in total. The number of fused-ring (bicyclic) bond motifs is 1. The van der Waals surface area contributed by atoms with E-state index in [1.807, 2.05) is 72.8 Å². The van der Waals surface area contributed by atoms with E-state index in [9.17, 15) is 14.4 Å². The molecule has 0 fully saturated rings. The number of rotatable bonds is 12. The number of benzene rings is 3. The molecule has 7 nitrogen and oxygen atoms in total. The molecule has 3 rings (SSSR count). The van der Waals surface area contributed by atoms with Gasteiger partial charge in [-0.1, -0.05) is 79.2 Å². The predicted molar refractivity (Wildman–Crippen MR) is 135 cm³/mol. The molecule has 7 heteroatoms. The first-order chi connectivity index (χ1) is 17.1. The van der Waals surface area contributed by atoms with Crippen LogP contribution in [-0.2, 0) is 32.1 Å². The monoisotopic (exact) mass is 476 g/mol. The van der Waals surface area contributed by atoms with Crippen molar-refractivity contribution in [2.45, 2.75) is 44.8 Å². The average Bonchev–Trinajstić information content (AvgIpc) is 2.89. The molecule has 3 aromatic rings. The van der Waals surface area contributed by atoms with Crippen molar-refractivity contribution in [3.63, 3.8) is 0 Å². The lowest BCUT2D eigenvalue weighted by Crippen LogP contribution is -2.43. The number of alkyl carbamates (subject to hydrolysis) is 1. The maximum absolute atomic E-state index is 12.5. The third kappa shape index (κ3) is 8.45. The number of esters is 1. The standard InChI is InChI=1S/C28H32N2O5/c1-34-27(32)25(19-23-15-10-14-22-13-7-8-16-24(22)23)30-26(31)17-6-3-9-18-29-28(33)35-20-21-11-4-2-5-12-21/h2,4-5,7-8,10-16,25H,3,6,9,17-20H2,1H3,(H,29,33)(H,30,31)/t25-/m1/s1. The van der Waals surface area contributed by atoms with Crippen molar-refractivity contribution in [2.24, 2.45) is 0 Å². The van der Waals surface area contributed by atoms with Crippen molar-refractivity contribution in [3.05, 3.63) is 83.9 Å². The highest BCUT2D eigenvalue weighted by molar-refractivity contribution is 5.88. The van der Waals surface area contributed by atoms with Gasteiger partial charge < -0.3 is 20.1 Å². The van der Waals surface area contributed by atoms with E-state index in [1.54, 1.807) is 0 Å². The van der Waals surface area contributed by atoms with E-state index in [2.05, 4.69) is 10.6 Å². The fourth-order valence-electron chi connectivity index (χ4n) is 3.84. The summed E-state index contributed by atoms with van der Waals surface area (Å²) in [5.41, 5.74) is 1.91. The lowest BCUT2D eigenvalue weighted by molar-refractivity contribution is -0.145. The van der Waals surface area contributed by atoms with Gasteiger partial charge in [0.05, 0.1) is 7.11 Å². The normalized spacial score (nSPS) is 11.5. The second kappa shape index (κ2) is 13.7. The summed E-state index contributed by atoms with van der Waals surface area (Å²) in [5, 5.41) is 7.66. The first kappa shape index (κ1) is 25.7. The van der Waals surface area contributed by atoms with Crippen LogP contribution in [0, 0.1) is 0 Å². The van der Waals surface area contributed by atoms with Gasteiger partial charge in [0.1, 0.15) is 12.6 Å². The Labute approximate surface area is 205 Å². The summed E-state index contributed by atoms with van der Waals surface area (Å²) >= 11 is 0. The second-order valence-corrected chi connectivity index (χ2v) is 8.28. The zero-order valence-corrected chi connectivity index (χ0v) is 20.0. The van der Waals surface area contributed by atoms with Gasteiger partial charge in [-0.2, -0.15) is 0 Å². The highest BCUT2D eigenvalue weighted by atomic mass is 16.5. The van der Waals surface area contributed by atoms with Gasteiger partial charge in [-0.3, -0.25) is 4.79 Å². The largest absolute Gasteiger partial charge is 0.467 e. The SMILES string of the molecule is COC(=O)[C@@H](Cc1cccc2ccccc12)NC(=O)CCCCCNC(=O)OCc1ccccc1. The maximum atomic E-state index is 12.5. The summed E-state index contributed by atoms with van der Waals surface area (Å²) in [7, 11) is 1.32. The van der Waals surface area contributed by atoms with Crippen LogP contribution in [0.2, 0.25) is 0 Å². The summed E-state index contributed by atoms with van der Waals surface area (Å²) in [6.45, 7) is 0.702. The molecule has 3 aromatic carbocycles. The third-order valence-corrected chi connectivity index (χ3v) is 5.69. The van der Waals surface area contributed by atoms with E-state index in [1.165, 1.54) is 7.11 Å². The van der Waals surface area contributed by atoms with Crippen LogP contribution >= 0.6 is 0 Å². The number of hydrogen-bond donors (Lipinski definition) is 2. The summed E-state index contributed by atoms with van der Waals surface area (Å²) in [6, 6.07) is 22.6. The van der Waals surface area contributed by atoms with Crippen LogP contribution in [0.4, 0.5) is 4.79 Å². The molecule has 0 spiro atoms. The fraction of sp³-hybridized carbons (Fsp3) is 0.321.